The van der Waals surface area contributed by atoms with E-state index in [2.05, 4.69) is 14.9 Å². The minimum atomic E-state index is -3.73. The van der Waals surface area contributed by atoms with Crippen molar-refractivity contribution in [2.24, 2.45) is 5.41 Å². The zero-order chi connectivity index (χ0) is 28.1. The second kappa shape index (κ2) is 10.2. The van der Waals surface area contributed by atoms with E-state index in [-0.39, 0.29) is 19.1 Å². The number of aliphatic hydroxyl groups is 1. The molecule has 3 N–H and O–H groups in total. The number of amides is 1. The van der Waals surface area contributed by atoms with Gasteiger partial charge in [0.2, 0.25) is 20.0 Å². The highest BCUT2D eigenvalue weighted by atomic mass is 32.2. The molecule has 40 heavy (non-hydrogen) atoms. The Morgan fingerprint density at radius 2 is 1.65 bits per heavy atom. The number of benzene rings is 2. The van der Waals surface area contributed by atoms with Crippen molar-refractivity contribution in [1.29, 1.82) is 0 Å². The standard InChI is InChI=1S/C27H34N4O7S2/c32-13-14-39(34,35)29-21-3-4-23(25(16-21)30-11-8-27(6-7-27)9-12-30)26(33)28-20-2-1-19-5-10-31(24(19)15-20)40(36,37)22-17-38-18-22/h1-4,15-16,22,29,32H,5-14,17-18H2,(H,28,33). The monoisotopic (exact) mass is 590 g/mol. The van der Waals surface area contributed by atoms with Crippen molar-refractivity contribution >= 4 is 48.7 Å². The maximum atomic E-state index is 13.6. The van der Waals surface area contributed by atoms with Crippen LogP contribution in [-0.4, -0.2) is 78.3 Å². The highest BCUT2D eigenvalue weighted by molar-refractivity contribution is 7.93. The van der Waals surface area contributed by atoms with E-state index in [1.807, 2.05) is 6.07 Å². The summed E-state index contributed by atoms with van der Waals surface area (Å²) in [4.78, 5) is 15.7. The molecule has 0 unspecified atom stereocenters. The molecule has 2 aromatic rings. The molecule has 11 nitrogen and oxygen atoms in total. The van der Waals surface area contributed by atoms with Crippen LogP contribution in [0.15, 0.2) is 36.4 Å². The largest absolute Gasteiger partial charge is 0.395 e. The van der Waals surface area contributed by atoms with E-state index in [9.17, 15) is 21.6 Å². The third-order valence-corrected chi connectivity index (χ3v) is 11.9. The summed E-state index contributed by atoms with van der Waals surface area (Å²) in [5, 5.41) is 11.5. The zero-order valence-electron chi connectivity index (χ0n) is 22.1. The number of hydrogen-bond donors (Lipinski definition) is 3. The smallest absolute Gasteiger partial charge is 0.257 e. The summed E-state index contributed by atoms with van der Waals surface area (Å²) in [5.74, 6) is -0.790. The molecular formula is C27H34N4O7S2. The first kappa shape index (κ1) is 27.3. The van der Waals surface area contributed by atoms with Crippen LogP contribution in [0, 0.1) is 5.41 Å². The predicted octanol–water partition coefficient (Wildman–Crippen LogP) is 2.14. The van der Waals surface area contributed by atoms with Gasteiger partial charge >= 0.3 is 0 Å². The molecule has 1 amide bonds. The third kappa shape index (κ3) is 5.27. The fraction of sp³-hybridized carbons (Fsp3) is 0.519. The Balaban J connectivity index is 1.26. The second-order valence-corrected chi connectivity index (χ2v) is 15.2. The summed E-state index contributed by atoms with van der Waals surface area (Å²) in [6, 6.07) is 10.1. The Labute approximate surface area is 234 Å². The molecule has 1 spiro atoms. The molecule has 0 aromatic heterocycles. The van der Waals surface area contributed by atoms with Gasteiger partial charge in [0.25, 0.3) is 5.91 Å². The quantitative estimate of drug-likeness (QED) is 0.403. The van der Waals surface area contributed by atoms with E-state index in [1.165, 1.54) is 23.2 Å². The van der Waals surface area contributed by atoms with Crippen LogP contribution in [0.1, 0.15) is 41.6 Å². The fourth-order valence-corrected chi connectivity index (χ4v) is 8.27. The van der Waals surface area contributed by atoms with Crippen LogP contribution >= 0.6 is 0 Å². The normalized spacial score (nSPS) is 20.2. The Morgan fingerprint density at radius 1 is 0.950 bits per heavy atom. The van der Waals surface area contributed by atoms with Gasteiger partial charge in [-0.25, -0.2) is 16.8 Å². The van der Waals surface area contributed by atoms with Crippen molar-refractivity contribution in [3.05, 3.63) is 47.5 Å². The molecule has 3 aliphatic heterocycles. The van der Waals surface area contributed by atoms with E-state index >= 15 is 0 Å². The Morgan fingerprint density at radius 3 is 2.30 bits per heavy atom. The topological polar surface area (TPSA) is 145 Å². The molecular weight excluding hydrogens is 556 g/mol. The number of fused-ring (bicyclic) bond motifs is 1. The summed E-state index contributed by atoms with van der Waals surface area (Å²) in [5.41, 5.74) is 3.73. The molecule has 13 heteroatoms. The highest BCUT2D eigenvalue weighted by Gasteiger charge is 2.45. The maximum Gasteiger partial charge on any atom is 0.257 e. The number of carbonyl (C=O) groups excluding carboxylic acids is 1. The lowest BCUT2D eigenvalue weighted by atomic mass is 9.93. The van der Waals surface area contributed by atoms with Gasteiger partial charge in [-0.1, -0.05) is 6.07 Å². The predicted molar refractivity (Wildman–Crippen MR) is 153 cm³/mol. The summed E-state index contributed by atoms with van der Waals surface area (Å²) in [7, 11) is -7.28. The van der Waals surface area contributed by atoms with Gasteiger partial charge in [0, 0.05) is 25.3 Å². The lowest BCUT2D eigenvalue weighted by molar-refractivity contribution is 0.0415. The van der Waals surface area contributed by atoms with Crippen molar-refractivity contribution in [3.63, 3.8) is 0 Å². The van der Waals surface area contributed by atoms with Crippen molar-refractivity contribution in [2.45, 2.75) is 37.4 Å². The molecule has 216 valence electrons. The van der Waals surface area contributed by atoms with E-state index in [0.29, 0.717) is 46.7 Å². The first-order valence-corrected chi connectivity index (χ1v) is 16.8. The number of nitrogens with zero attached hydrogens (tertiary/aromatic N) is 2. The molecule has 2 saturated heterocycles. The first-order valence-electron chi connectivity index (χ1n) is 13.6. The third-order valence-electron chi connectivity index (χ3n) is 8.53. The molecule has 2 aromatic carbocycles. The molecule has 0 bridgehead atoms. The molecule has 0 atom stereocenters. The molecule has 0 radical (unpaired) electrons. The van der Waals surface area contributed by atoms with Crippen LogP contribution < -0.4 is 19.2 Å². The number of hydrogen-bond acceptors (Lipinski definition) is 8. The molecule has 6 rings (SSSR count). The van der Waals surface area contributed by atoms with E-state index in [0.717, 1.165) is 31.5 Å². The average Bonchev–Trinajstić information content (AvgIpc) is 3.47. The Kier molecular flexibility index (Phi) is 6.96. The molecule has 1 saturated carbocycles. The summed E-state index contributed by atoms with van der Waals surface area (Å²) in [6.07, 6.45) is 5.11. The van der Waals surface area contributed by atoms with E-state index in [4.69, 9.17) is 9.84 Å². The van der Waals surface area contributed by atoms with Gasteiger partial charge < -0.3 is 20.1 Å². The zero-order valence-corrected chi connectivity index (χ0v) is 23.8. The summed E-state index contributed by atoms with van der Waals surface area (Å²) in [6.45, 7) is 1.78. The van der Waals surface area contributed by atoms with Gasteiger partial charge in [-0.05, 0) is 73.4 Å². The van der Waals surface area contributed by atoms with Crippen molar-refractivity contribution in [1.82, 2.24) is 0 Å². The second-order valence-electron chi connectivity index (χ2n) is 11.2. The number of aliphatic hydroxyl groups excluding tert-OH is 1. The van der Waals surface area contributed by atoms with Gasteiger partial charge in [0.15, 0.2) is 0 Å². The number of anilines is 4. The lowest BCUT2D eigenvalue weighted by Crippen LogP contribution is -2.48. The number of carbonyl (C=O) groups is 1. The first-order chi connectivity index (χ1) is 19.1. The minimum Gasteiger partial charge on any atom is -0.395 e. The molecule has 3 heterocycles. The van der Waals surface area contributed by atoms with Crippen LogP contribution in [0.3, 0.4) is 0 Å². The van der Waals surface area contributed by atoms with E-state index in [1.54, 1.807) is 24.3 Å². The fourth-order valence-electron chi connectivity index (χ4n) is 5.75. The van der Waals surface area contributed by atoms with Gasteiger partial charge in [-0.15, -0.1) is 0 Å². The number of sulfonamides is 2. The van der Waals surface area contributed by atoms with Crippen LogP contribution in [0.25, 0.3) is 0 Å². The van der Waals surface area contributed by atoms with Crippen LogP contribution in [-0.2, 0) is 31.2 Å². The number of piperidine rings is 1. The minimum absolute atomic E-state index is 0.192. The maximum absolute atomic E-state index is 13.6. The van der Waals surface area contributed by atoms with Crippen LogP contribution in [0.5, 0.6) is 0 Å². The summed E-state index contributed by atoms with van der Waals surface area (Å²) < 4.78 is 59.7. The van der Waals surface area contributed by atoms with Gasteiger partial charge in [0.1, 0.15) is 5.25 Å². The Bertz CT molecular complexity index is 1530. The van der Waals surface area contributed by atoms with Crippen LogP contribution in [0.4, 0.5) is 22.7 Å². The molecule has 1 aliphatic carbocycles. The Hall–Kier alpha value is -2.87. The van der Waals surface area contributed by atoms with Crippen LogP contribution in [0.2, 0.25) is 0 Å². The van der Waals surface area contributed by atoms with E-state index < -0.39 is 37.7 Å². The number of rotatable bonds is 9. The van der Waals surface area contributed by atoms with Gasteiger partial charge in [0.05, 0.1) is 48.2 Å². The van der Waals surface area contributed by atoms with Crippen molar-refractivity contribution in [3.8, 4) is 0 Å². The number of ether oxygens (including phenoxy) is 1. The van der Waals surface area contributed by atoms with Gasteiger partial charge in [-0.3, -0.25) is 13.8 Å². The summed E-state index contributed by atoms with van der Waals surface area (Å²) >= 11 is 0. The lowest BCUT2D eigenvalue weighted by Gasteiger charge is -2.35. The van der Waals surface area contributed by atoms with Gasteiger partial charge in [-0.2, -0.15) is 0 Å². The average molecular weight is 591 g/mol. The number of nitrogens with one attached hydrogen (secondary N) is 2. The molecule has 4 aliphatic rings. The van der Waals surface area contributed by atoms with Crippen molar-refractivity contribution in [2.75, 3.05) is 64.5 Å². The SMILES string of the molecule is O=C(Nc1ccc2c(c1)N(S(=O)(=O)C1COC1)CC2)c1ccc(NS(=O)(=O)CCO)cc1N1CCC2(CC1)CC2. The van der Waals surface area contributed by atoms with Crippen molar-refractivity contribution < 1.29 is 31.5 Å². The highest BCUT2D eigenvalue weighted by Crippen LogP contribution is 2.54. The molecule has 3 fully saturated rings.